The number of piperidine rings is 1. The van der Waals surface area contributed by atoms with Crippen molar-refractivity contribution in [3.05, 3.63) is 35.9 Å². The van der Waals surface area contributed by atoms with Crippen molar-refractivity contribution >= 4 is 5.97 Å². The number of carbonyl (C=O) groups is 1. The van der Waals surface area contributed by atoms with Gasteiger partial charge in [-0.3, -0.25) is 9.69 Å². The van der Waals surface area contributed by atoms with Crippen LogP contribution in [-0.4, -0.2) is 29.1 Å². The third-order valence-electron chi connectivity index (χ3n) is 4.43. The second kappa shape index (κ2) is 7.60. The van der Waals surface area contributed by atoms with Gasteiger partial charge in [0.2, 0.25) is 0 Å². The van der Waals surface area contributed by atoms with Crippen LogP contribution in [0.2, 0.25) is 0 Å². The van der Waals surface area contributed by atoms with E-state index in [0.717, 1.165) is 32.4 Å². The summed E-state index contributed by atoms with van der Waals surface area (Å²) < 4.78 is 0. The fourth-order valence-electron chi connectivity index (χ4n) is 3.33. The molecule has 3 heteroatoms. The summed E-state index contributed by atoms with van der Waals surface area (Å²) in [6, 6.07) is 11.2. The van der Waals surface area contributed by atoms with Crippen molar-refractivity contribution in [3.63, 3.8) is 0 Å². The molecule has 1 saturated heterocycles. The van der Waals surface area contributed by atoms with Crippen molar-refractivity contribution in [3.8, 4) is 0 Å². The lowest BCUT2D eigenvalue weighted by Gasteiger charge is -2.38. The van der Waals surface area contributed by atoms with Crippen LogP contribution in [0.25, 0.3) is 0 Å². The molecule has 0 amide bonds. The van der Waals surface area contributed by atoms with Crippen molar-refractivity contribution in [1.29, 1.82) is 0 Å². The Hall–Kier alpha value is -1.35. The lowest BCUT2D eigenvalue weighted by molar-refractivity contribution is -0.138. The van der Waals surface area contributed by atoms with Crippen LogP contribution in [0.1, 0.15) is 51.1 Å². The van der Waals surface area contributed by atoms with E-state index in [1.807, 2.05) is 0 Å². The first-order chi connectivity index (χ1) is 10.1. The first-order valence-corrected chi connectivity index (χ1v) is 8.07. The lowest BCUT2D eigenvalue weighted by Crippen LogP contribution is -2.37. The molecular weight excluding hydrogens is 262 g/mol. The van der Waals surface area contributed by atoms with Gasteiger partial charge in [-0.1, -0.05) is 44.2 Å². The van der Waals surface area contributed by atoms with E-state index in [-0.39, 0.29) is 0 Å². The van der Waals surface area contributed by atoms with Gasteiger partial charge in [0.15, 0.2) is 0 Å². The van der Waals surface area contributed by atoms with Crippen LogP contribution in [0.4, 0.5) is 0 Å². The number of rotatable bonds is 6. The molecule has 1 aliphatic rings. The summed E-state index contributed by atoms with van der Waals surface area (Å²) in [5.41, 5.74) is 1.39. The van der Waals surface area contributed by atoms with Crippen molar-refractivity contribution in [2.24, 2.45) is 11.8 Å². The Morgan fingerprint density at radius 3 is 2.38 bits per heavy atom. The average Bonchev–Trinajstić information content (AvgIpc) is 2.46. The van der Waals surface area contributed by atoms with Crippen LogP contribution in [0.3, 0.4) is 0 Å². The minimum Gasteiger partial charge on any atom is -0.481 e. The van der Waals surface area contributed by atoms with Crippen LogP contribution in [0.15, 0.2) is 30.3 Å². The summed E-state index contributed by atoms with van der Waals surface area (Å²) in [4.78, 5) is 13.4. The molecule has 2 rings (SSSR count). The standard InChI is InChI=1S/C18H27NO2/c1-14(2)12-17(16-6-4-3-5-7-16)19-10-8-15(9-11-19)13-18(20)21/h3-7,14-15,17H,8-13H2,1-2H3,(H,20,21). The summed E-state index contributed by atoms with van der Waals surface area (Å²) in [5, 5.41) is 8.92. The first kappa shape index (κ1) is 16.0. The normalized spacial score (nSPS) is 18.8. The molecule has 0 spiro atoms. The van der Waals surface area contributed by atoms with E-state index in [4.69, 9.17) is 5.11 Å². The second-order valence-corrected chi connectivity index (χ2v) is 6.63. The van der Waals surface area contributed by atoms with Crippen LogP contribution in [-0.2, 0) is 4.79 Å². The number of nitrogens with zero attached hydrogens (tertiary/aromatic N) is 1. The monoisotopic (exact) mass is 289 g/mol. The second-order valence-electron chi connectivity index (χ2n) is 6.63. The van der Waals surface area contributed by atoms with Gasteiger partial charge >= 0.3 is 5.97 Å². The molecular formula is C18H27NO2. The largest absolute Gasteiger partial charge is 0.481 e. The Bertz CT molecular complexity index is 436. The third kappa shape index (κ3) is 4.85. The van der Waals surface area contributed by atoms with Gasteiger partial charge in [-0.05, 0) is 49.8 Å². The molecule has 0 bridgehead atoms. The van der Waals surface area contributed by atoms with Crippen molar-refractivity contribution in [1.82, 2.24) is 4.90 Å². The minimum absolute atomic E-state index is 0.327. The molecule has 1 aliphatic heterocycles. The van der Waals surface area contributed by atoms with Crippen LogP contribution in [0, 0.1) is 11.8 Å². The zero-order valence-corrected chi connectivity index (χ0v) is 13.2. The first-order valence-electron chi connectivity index (χ1n) is 8.07. The van der Waals surface area contributed by atoms with Gasteiger partial charge in [-0.15, -0.1) is 0 Å². The predicted octanol–water partition coefficient (Wildman–Crippen LogP) is 3.96. The van der Waals surface area contributed by atoms with E-state index >= 15 is 0 Å². The van der Waals surface area contributed by atoms with Gasteiger partial charge in [0.25, 0.3) is 0 Å². The van der Waals surface area contributed by atoms with E-state index in [9.17, 15) is 4.79 Å². The Kier molecular flexibility index (Phi) is 5.80. The van der Waals surface area contributed by atoms with Gasteiger partial charge < -0.3 is 5.11 Å². The molecule has 1 heterocycles. The maximum Gasteiger partial charge on any atom is 0.303 e. The number of aliphatic carboxylic acids is 1. The average molecular weight is 289 g/mol. The quantitative estimate of drug-likeness (QED) is 0.861. The Labute approximate surface area is 128 Å². The highest BCUT2D eigenvalue weighted by atomic mass is 16.4. The van der Waals surface area contributed by atoms with Crippen LogP contribution >= 0.6 is 0 Å². The van der Waals surface area contributed by atoms with Gasteiger partial charge in [-0.2, -0.15) is 0 Å². The van der Waals surface area contributed by atoms with Gasteiger partial charge in [0, 0.05) is 12.5 Å². The van der Waals surface area contributed by atoms with Crippen molar-refractivity contribution in [2.45, 2.75) is 45.6 Å². The Morgan fingerprint density at radius 1 is 1.24 bits per heavy atom. The highest BCUT2D eigenvalue weighted by Gasteiger charge is 2.27. The summed E-state index contributed by atoms with van der Waals surface area (Å²) >= 11 is 0. The number of carboxylic acid groups (broad SMARTS) is 1. The lowest BCUT2D eigenvalue weighted by atomic mass is 9.89. The number of hydrogen-bond acceptors (Lipinski definition) is 2. The minimum atomic E-state index is -0.657. The number of likely N-dealkylation sites (tertiary alicyclic amines) is 1. The highest BCUT2D eigenvalue weighted by molar-refractivity contribution is 5.67. The fraction of sp³-hybridized carbons (Fsp3) is 0.611. The van der Waals surface area contributed by atoms with Gasteiger partial charge in [-0.25, -0.2) is 0 Å². The fourth-order valence-corrected chi connectivity index (χ4v) is 3.33. The number of hydrogen-bond donors (Lipinski definition) is 1. The molecule has 1 aromatic carbocycles. The zero-order valence-electron chi connectivity index (χ0n) is 13.2. The molecule has 21 heavy (non-hydrogen) atoms. The number of benzene rings is 1. The molecule has 116 valence electrons. The summed E-state index contributed by atoms with van der Waals surface area (Å²) in [6.07, 6.45) is 3.50. The molecule has 1 unspecified atom stereocenters. The molecule has 0 aromatic heterocycles. The molecule has 3 nitrogen and oxygen atoms in total. The summed E-state index contributed by atoms with van der Waals surface area (Å²) in [5.74, 6) is 0.358. The van der Waals surface area contributed by atoms with E-state index in [1.54, 1.807) is 0 Å². The number of carboxylic acids is 1. The van der Waals surface area contributed by atoms with E-state index < -0.39 is 5.97 Å². The third-order valence-corrected chi connectivity index (χ3v) is 4.43. The maximum absolute atomic E-state index is 10.8. The topological polar surface area (TPSA) is 40.5 Å². The highest BCUT2D eigenvalue weighted by Crippen LogP contribution is 2.32. The van der Waals surface area contributed by atoms with E-state index in [1.165, 1.54) is 5.56 Å². The van der Waals surface area contributed by atoms with Gasteiger partial charge in [0.05, 0.1) is 0 Å². The predicted molar refractivity (Wildman–Crippen MR) is 85.2 cm³/mol. The molecule has 1 atom stereocenters. The molecule has 1 aromatic rings. The van der Waals surface area contributed by atoms with Gasteiger partial charge in [0.1, 0.15) is 0 Å². The van der Waals surface area contributed by atoms with Crippen molar-refractivity contribution < 1.29 is 9.90 Å². The summed E-state index contributed by atoms with van der Waals surface area (Å²) in [7, 11) is 0. The zero-order chi connectivity index (χ0) is 15.2. The van der Waals surface area contributed by atoms with E-state index in [0.29, 0.717) is 24.3 Å². The Morgan fingerprint density at radius 2 is 1.86 bits per heavy atom. The smallest absolute Gasteiger partial charge is 0.303 e. The molecule has 1 fully saturated rings. The SMILES string of the molecule is CC(C)CC(c1ccccc1)N1CCC(CC(=O)O)CC1. The van der Waals surface area contributed by atoms with E-state index in [2.05, 4.69) is 49.1 Å². The van der Waals surface area contributed by atoms with Crippen LogP contribution < -0.4 is 0 Å². The molecule has 0 radical (unpaired) electrons. The molecule has 1 N–H and O–H groups in total. The molecule has 0 saturated carbocycles. The maximum atomic E-state index is 10.8. The van der Waals surface area contributed by atoms with Crippen molar-refractivity contribution in [2.75, 3.05) is 13.1 Å². The summed E-state index contributed by atoms with van der Waals surface area (Å²) in [6.45, 7) is 6.58. The molecule has 0 aliphatic carbocycles. The van der Waals surface area contributed by atoms with Crippen LogP contribution in [0.5, 0.6) is 0 Å². The Balaban J connectivity index is 2.01.